The first-order valence-corrected chi connectivity index (χ1v) is 6.84. The molecule has 0 aliphatic heterocycles. The van der Waals surface area contributed by atoms with Crippen molar-refractivity contribution >= 4 is 0 Å². The minimum atomic E-state index is 0.814. The van der Waals surface area contributed by atoms with Gasteiger partial charge in [-0.15, -0.1) is 5.10 Å². The molecule has 2 rings (SSSR count). The minimum absolute atomic E-state index is 0.814. The van der Waals surface area contributed by atoms with Crippen molar-refractivity contribution in [3.05, 3.63) is 41.7 Å². The molecule has 2 aromatic rings. The predicted octanol–water partition coefficient (Wildman–Crippen LogP) is 2.67. The van der Waals surface area contributed by atoms with Crippen LogP contribution in [0, 0.1) is 0 Å². The molecule has 0 saturated carbocycles. The second kappa shape index (κ2) is 6.48. The zero-order valence-corrected chi connectivity index (χ0v) is 12.0. The van der Waals surface area contributed by atoms with Gasteiger partial charge in [0.05, 0.1) is 17.6 Å². The normalized spacial score (nSPS) is 11.2. The van der Waals surface area contributed by atoms with E-state index < -0.39 is 0 Å². The summed E-state index contributed by atoms with van der Waals surface area (Å²) in [5.74, 6) is 0. The van der Waals surface area contributed by atoms with Crippen LogP contribution in [0.25, 0.3) is 5.69 Å². The fourth-order valence-electron chi connectivity index (χ4n) is 2.02. The van der Waals surface area contributed by atoms with E-state index >= 15 is 0 Å². The fourth-order valence-corrected chi connectivity index (χ4v) is 2.02. The molecule has 0 saturated heterocycles. The second-order valence-electron chi connectivity index (χ2n) is 5.16. The van der Waals surface area contributed by atoms with Crippen molar-refractivity contribution in [3.63, 3.8) is 0 Å². The molecule has 0 aliphatic rings. The molecule has 0 atom stereocenters. The molecule has 102 valence electrons. The number of aromatic nitrogens is 3. The summed E-state index contributed by atoms with van der Waals surface area (Å²) in [5.41, 5.74) is 3.44. The Morgan fingerprint density at radius 1 is 1.16 bits per heavy atom. The molecule has 4 heteroatoms. The number of hydrogen-bond donors (Lipinski definition) is 0. The van der Waals surface area contributed by atoms with Crippen LogP contribution in [-0.4, -0.2) is 34.0 Å². The Labute approximate surface area is 115 Å². The van der Waals surface area contributed by atoms with Gasteiger partial charge in [0.1, 0.15) is 0 Å². The molecule has 19 heavy (non-hydrogen) atoms. The Morgan fingerprint density at radius 3 is 2.53 bits per heavy atom. The molecular formula is C15H22N4. The van der Waals surface area contributed by atoms with E-state index in [2.05, 4.69) is 46.4 Å². The molecule has 0 radical (unpaired) electrons. The molecule has 0 amide bonds. The Kier molecular flexibility index (Phi) is 4.68. The summed E-state index contributed by atoms with van der Waals surface area (Å²) in [6.07, 6.45) is 5.62. The van der Waals surface area contributed by atoms with Crippen LogP contribution in [-0.2, 0) is 13.0 Å². The van der Waals surface area contributed by atoms with E-state index in [1.54, 1.807) is 0 Å². The highest BCUT2D eigenvalue weighted by molar-refractivity contribution is 5.33. The van der Waals surface area contributed by atoms with E-state index in [1.165, 1.54) is 18.4 Å². The molecule has 0 bridgehead atoms. The third-order valence-electron chi connectivity index (χ3n) is 3.04. The Balaban J connectivity index is 2.07. The van der Waals surface area contributed by atoms with E-state index in [-0.39, 0.29) is 0 Å². The first-order chi connectivity index (χ1) is 9.19. The van der Waals surface area contributed by atoms with Crippen LogP contribution in [0.4, 0.5) is 0 Å². The quantitative estimate of drug-likeness (QED) is 0.799. The molecule has 0 unspecified atom stereocenters. The highest BCUT2D eigenvalue weighted by Crippen LogP contribution is 2.11. The summed E-state index contributed by atoms with van der Waals surface area (Å²) in [5, 5.41) is 8.35. The summed E-state index contributed by atoms with van der Waals surface area (Å²) in [6.45, 7) is 3.03. The summed E-state index contributed by atoms with van der Waals surface area (Å²) in [6, 6.07) is 8.58. The molecule has 1 aromatic carbocycles. The Morgan fingerprint density at radius 2 is 1.89 bits per heavy atom. The summed E-state index contributed by atoms with van der Waals surface area (Å²) in [4.78, 5) is 2.09. The minimum Gasteiger partial charge on any atom is -0.303 e. The van der Waals surface area contributed by atoms with Crippen LogP contribution in [0.2, 0.25) is 0 Å². The number of benzene rings is 1. The zero-order chi connectivity index (χ0) is 13.7. The van der Waals surface area contributed by atoms with Crippen LogP contribution >= 0.6 is 0 Å². The molecule has 0 spiro atoms. The maximum Gasteiger partial charge on any atom is 0.0971 e. The maximum atomic E-state index is 4.18. The van der Waals surface area contributed by atoms with Crippen LogP contribution in [0.5, 0.6) is 0 Å². The Bertz CT molecular complexity index is 499. The van der Waals surface area contributed by atoms with Crippen molar-refractivity contribution in [1.29, 1.82) is 0 Å². The average Bonchev–Trinajstić information content (AvgIpc) is 2.84. The maximum absolute atomic E-state index is 4.18. The fraction of sp³-hybridized carbons (Fsp3) is 0.467. The lowest BCUT2D eigenvalue weighted by Crippen LogP contribution is -2.10. The molecule has 1 heterocycles. The largest absolute Gasteiger partial charge is 0.303 e. The van der Waals surface area contributed by atoms with Gasteiger partial charge in [0.2, 0.25) is 0 Å². The monoisotopic (exact) mass is 258 g/mol. The van der Waals surface area contributed by atoms with Gasteiger partial charge in [0, 0.05) is 6.54 Å². The number of hydrogen-bond acceptors (Lipinski definition) is 3. The van der Waals surface area contributed by atoms with Gasteiger partial charge < -0.3 is 4.90 Å². The molecular weight excluding hydrogens is 236 g/mol. The van der Waals surface area contributed by atoms with Gasteiger partial charge in [0.15, 0.2) is 0 Å². The van der Waals surface area contributed by atoms with Gasteiger partial charge in [-0.05, 0) is 44.6 Å². The highest BCUT2D eigenvalue weighted by atomic mass is 15.4. The van der Waals surface area contributed by atoms with E-state index in [4.69, 9.17) is 0 Å². The van der Waals surface area contributed by atoms with E-state index in [9.17, 15) is 0 Å². The molecule has 1 aromatic heterocycles. The van der Waals surface area contributed by atoms with Gasteiger partial charge in [-0.25, -0.2) is 4.68 Å². The molecule has 0 fully saturated rings. The standard InChI is InChI=1S/C15H22N4/c1-4-5-6-13-7-9-15(10-8-13)19-12-14(16-17-19)11-18(2)3/h7-10,12H,4-6,11H2,1-3H3. The van der Waals surface area contributed by atoms with Crippen molar-refractivity contribution in [3.8, 4) is 5.69 Å². The number of aryl methyl sites for hydroxylation is 1. The van der Waals surface area contributed by atoms with Gasteiger partial charge in [-0.3, -0.25) is 0 Å². The summed E-state index contributed by atoms with van der Waals surface area (Å²) < 4.78 is 1.84. The molecule has 4 nitrogen and oxygen atoms in total. The Hall–Kier alpha value is -1.68. The van der Waals surface area contributed by atoms with Crippen LogP contribution in [0.15, 0.2) is 30.5 Å². The van der Waals surface area contributed by atoms with Crippen LogP contribution in [0.1, 0.15) is 31.0 Å². The van der Waals surface area contributed by atoms with Crippen molar-refractivity contribution in [2.75, 3.05) is 14.1 Å². The van der Waals surface area contributed by atoms with Crippen molar-refractivity contribution in [2.45, 2.75) is 32.7 Å². The van der Waals surface area contributed by atoms with Crippen molar-refractivity contribution in [2.24, 2.45) is 0 Å². The second-order valence-corrected chi connectivity index (χ2v) is 5.16. The molecule has 0 aliphatic carbocycles. The van der Waals surface area contributed by atoms with E-state index in [1.807, 2.05) is 25.0 Å². The number of rotatable bonds is 6. The topological polar surface area (TPSA) is 34.0 Å². The van der Waals surface area contributed by atoms with Gasteiger partial charge >= 0.3 is 0 Å². The van der Waals surface area contributed by atoms with Crippen molar-refractivity contribution < 1.29 is 0 Å². The van der Waals surface area contributed by atoms with Gasteiger partial charge in [-0.1, -0.05) is 30.7 Å². The summed E-state index contributed by atoms with van der Waals surface area (Å²) in [7, 11) is 4.06. The average molecular weight is 258 g/mol. The molecule has 0 N–H and O–H groups in total. The lowest BCUT2D eigenvalue weighted by atomic mass is 10.1. The lowest BCUT2D eigenvalue weighted by molar-refractivity contribution is 0.396. The number of nitrogens with zero attached hydrogens (tertiary/aromatic N) is 4. The van der Waals surface area contributed by atoms with Gasteiger partial charge in [-0.2, -0.15) is 0 Å². The van der Waals surface area contributed by atoms with Gasteiger partial charge in [0.25, 0.3) is 0 Å². The third-order valence-corrected chi connectivity index (χ3v) is 3.04. The zero-order valence-electron chi connectivity index (χ0n) is 12.0. The van der Waals surface area contributed by atoms with E-state index in [0.717, 1.165) is 24.3 Å². The number of unbranched alkanes of at least 4 members (excludes halogenated alkanes) is 1. The third kappa shape index (κ3) is 3.89. The summed E-state index contributed by atoms with van der Waals surface area (Å²) >= 11 is 0. The predicted molar refractivity (Wildman–Crippen MR) is 77.4 cm³/mol. The van der Waals surface area contributed by atoms with Crippen LogP contribution < -0.4 is 0 Å². The highest BCUT2D eigenvalue weighted by Gasteiger charge is 2.03. The van der Waals surface area contributed by atoms with E-state index in [0.29, 0.717) is 0 Å². The lowest BCUT2D eigenvalue weighted by Gasteiger charge is -2.05. The van der Waals surface area contributed by atoms with Crippen molar-refractivity contribution in [1.82, 2.24) is 19.9 Å². The first kappa shape index (κ1) is 13.7. The first-order valence-electron chi connectivity index (χ1n) is 6.84. The van der Waals surface area contributed by atoms with Crippen LogP contribution in [0.3, 0.4) is 0 Å². The smallest absolute Gasteiger partial charge is 0.0971 e. The SMILES string of the molecule is CCCCc1ccc(-n2cc(CN(C)C)nn2)cc1.